The molecular weight excluding hydrogens is 310 g/mol. The molecule has 2 rings (SSSR count). The Morgan fingerprint density at radius 3 is 2.74 bits per heavy atom. The zero-order valence-electron chi connectivity index (χ0n) is 10.8. The first-order valence-corrected chi connectivity index (χ1v) is 7.51. The van der Waals surface area contributed by atoms with E-state index in [0.717, 1.165) is 10.9 Å². The Kier molecular flexibility index (Phi) is 5.82. The number of carbonyl (C=O) groups excluding carboxylic acids is 1. The molecule has 0 spiro atoms. The van der Waals surface area contributed by atoms with Crippen molar-refractivity contribution in [2.75, 3.05) is 31.7 Å². The molecule has 1 atom stereocenters. The summed E-state index contributed by atoms with van der Waals surface area (Å²) in [4.78, 5) is 14.2. The van der Waals surface area contributed by atoms with Crippen LogP contribution in [0.15, 0.2) is 30.3 Å². The first kappa shape index (κ1) is 14.5. The maximum atomic E-state index is 12.4. The van der Waals surface area contributed by atoms with Crippen LogP contribution in [0.25, 0.3) is 0 Å². The molecule has 1 aliphatic rings. The molecule has 0 radical (unpaired) electrons. The minimum absolute atomic E-state index is 0.00278. The van der Waals surface area contributed by atoms with Crippen molar-refractivity contribution in [2.45, 2.75) is 12.6 Å². The van der Waals surface area contributed by atoms with E-state index in [9.17, 15) is 4.79 Å². The van der Waals surface area contributed by atoms with Gasteiger partial charge >= 0.3 is 0 Å². The highest BCUT2D eigenvalue weighted by Gasteiger charge is 2.27. The van der Waals surface area contributed by atoms with Gasteiger partial charge in [0, 0.05) is 18.4 Å². The van der Waals surface area contributed by atoms with E-state index in [0.29, 0.717) is 32.9 Å². The van der Waals surface area contributed by atoms with Crippen molar-refractivity contribution < 1.29 is 14.3 Å². The zero-order valence-corrected chi connectivity index (χ0v) is 12.3. The van der Waals surface area contributed by atoms with Gasteiger partial charge in [0.05, 0.1) is 19.8 Å². The van der Waals surface area contributed by atoms with Crippen molar-refractivity contribution in [3.63, 3.8) is 0 Å². The average Bonchev–Trinajstić information content (AvgIpc) is 2.48. The van der Waals surface area contributed by atoms with Crippen molar-refractivity contribution in [1.29, 1.82) is 0 Å². The van der Waals surface area contributed by atoms with Gasteiger partial charge in [-0.2, -0.15) is 0 Å². The molecule has 104 valence electrons. The summed E-state index contributed by atoms with van der Waals surface area (Å²) in [5, 5.41) is 0.749. The molecule has 5 heteroatoms. The Hall–Kier alpha value is -0.910. The molecule has 0 saturated carbocycles. The van der Waals surface area contributed by atoms with E-state index in [1.807, 2.05) is 35.2 Å². The SMILES string of the molecule is O=C(C1COCCO1)N(CCBr)Cc1ccccc1. The van der Waals surface area contributed by atoms with Crippen LogP contribution in [0.4, 0.5) is 0 Å². The van der Waals surface area contributed by atoms with Crippen LogP contribution in [0, 0.1) is 0 Å². The highest BCUT2D eigenvalue weighted by atomic mass is 79.9. The van der Waals surface area contributed by atoms with Gasteiger partial charge in [-0.05, 0) is 5.56 Å². The molecule has 0 N–H and O–H groups in total. The summed E-state index contributed by atoms with van der Waals surface area (Å²) in [6.07, 6.45) is -0.462. The smallest absolute Gasteiger partial charge is 0.254 e. The van der Waals surface area contributed by atoms with Crippen LogP contribution in [0.3, 0.4) is 0 Å². The minimum Gasteiger partial charge on any atom is -0.376 e. The standard InChI is InChI=1S/C14H18BrNO3/c15-6-7-16(10-12-4-2-1-3-5-12)14(17)13-11-18-8-9-19-13/h1-5,13H,6-11H2. The minimum atomic E-state index is -0.462. The van der Waals surface area contributed by atoms with Gasteiger partial charge in [-0.3, -0.25) is 4.79 Å². The van der Waals surface area contributed by atoms with E-state index in [1.165, 1.54) is 0 Å². The molecule has 1 aliphatic heterocycles. The van der Waals surface area contributed by atoms with Crippen molar-refractivity contribution in [3.8, 4) is 0 Å². The number of hydrogen-bond acceptors (Lipinski definition) is 3. The van der Waals surface area contributed by atoms with Gasteiger partial charge in [0.2, 0.25) is 0 Å². The number of amides is 1. The van der Waals surface area contributed by atoms with Gasteiger partial charge in [-0.1, -0.05) is 46.3 Å². The lowest BCUT2D eigenvalue weighted by atomic mass is 10.2. The number of rotatable bonds is 5. The Bertz CT molecular complexity index is 393. The van der Waals surface area contributed by atoms with Gasteiger partial charge in [0.15, 0.2) is 6.10 Å². The number of hydrogen-bond donors (Lipinski definition) is 0. The van der Waals surface area contributed by atoms with Gasteiger partial charge in [-0.15, -0.1) is 0 Å². The summed E-state index contributed by atoms with van der Waals surface area (Å²) in [5.74, 6) is 0.00278. The fourth-order valence-corrected chi connectivity index (χ4v) is 2.44. The number of benzene rings is 1. The average molecular weight is 328 g/mol. The van der Waals surface area contributed by atoms with Crippen LogP contribution >= 0.6 is 15.9 Å². The van der Waals surface area contributed by atoms with E-state index < -0.39 is 6.10 Å². The summed E-state index contributed by atoms with van der Waals surface area (Å²) in [5.41, 5.74) is 1.12. The van der Waals surface area contributed by atoms with E-state index >= 15 is 0 Å². The maximum absolute atomic E-state index is 12.4. The second kappa shape index (κ2) is 7.62. The molecule has 1 unspecified atom stereocenters. The molecule has 1 fully saturated rings. The van der Waals surface area contributed by atoms with Crippen molar-refractivity contribution in [3.05, 3.63) is 35.9 Å². The summed E-state index contributed by atoms with van der Waals surface area (Å²) in [7, 11) is 0. The van der Waals surface area contributed by atoms with Crippen LogP contribution in [0.5, 0.6) is 0 Å². The van der Waals surface area contributed by atoms with E-state index in [-0.39, 0.29) is 5.91 Å². The first-order valence-electron chi connectivity index (χ1n) is 6.39. The van der Waals surface area contributed by atoms with E-state index in [1.54, 1.807) is 0 Å². The van der Waals surface area contributed by atoms with Gasteiger partial charge in [0.25, 0.3) is 5.91 Å². The number of halogens is 1. The second-order valence-electron chi connectivity index (χ2n) is 4.37. The predicted octanol–water partition coefficient (Wildman–Crippen LogP) is 1.83. The molecule has 19 heavy (non-hydrogen) atoms. The second-order valence-corrected chi connectivity index (χ2v) is 5.16. The lowest BCUT2D eigenvalue weighted by Crippen LogP contribution is -2.45. The van der Waals surface area contributed by atoms with Crippen LogP contribution < -0.4 is 0 Å². The quantitative estimate of drug-likeness (QED) is 0.774. The third kappa shape index (κ3) is 4.30. The molecule has 0 aromatic heterocycles. The van der Waals surface area contributed by atoms with Crippen LogP contribution in [-0.4, -0.2) is 48.6 Å². The third-order valence-corrected chi connectivity index (χ3v) is 3.33. The molecular formula is C14H18BrNO3. The Morgan fingerprint density at radius 2 is 2.11 bits per heavy atom. The summed E-state index contributed by atoms with van der Waals surface area (Å²) >= 11 is 3.39. The van der Waals surface area contributed by atoms with Crippen molar-refractivity contribution in [1.82, 2.24) is 4.90 Å². The lowest BCUT2D eigenvalue weighted by Gasteiger charge is -2.29. The lowest BCUT2D eigenvalue weighted by molar-refractivity contribution is -0.158. The van der Waals surface area contributed by atoms with Crippen LogP contribution in [-0.2, 0) is 20.8 Å². The molecule has 0 bridgehead atoms. The maximum Gasteiger partial charge on any atom is 0.254 e. The number of alkyl halides is 1. The zero-order chi connectivity index (χ0) is 13.5. The number of ether oxygens (including phenoxy) is 2. The highest BCUT2D eigenvalue weighted by molar-refractivity contribution is 9.09. The fourth-order valence-electron chi connectivity index (χ4n) is 2.01. The molecule has 1 saturated heterocycles. The molecule has 1 heterocycles. The molecule has 1 aromatic carbocycles. The summed E-state index contributed by atoms with van der Waals surface area (Å²) < 4.78 is 10.8. The van der Waals surface area contributed by atoms with Crippen molar-refractivity contribution in [2.24, 2.45) is 0 Å². The largest absolute Gasteiger partial charge is 0.376 e. The monoisotopic (exact) mass is 327 g/mol. The first-order chi connectivity index (χ1) is 9.31. The van der Waals surface area contributed by atoms with E-state index in [4.69, 9.17) is 9.47 Å². The molecule has 0 aliphatic carbocycles. The van der Waals surface area contributed by atoms with Crippen molar-refractivity contribution >= 4 is 21.8 Å². The van der Waals surface area contributed by atoms with E-state index in [2.05, 4.69) is 15.9 Å². The van der Waals surface area contributed by atoms with Crippen LogP contribution in [0.1, 0.15) is 5.56 Å². The summed E-state index contributed by atoms with van der Waals surface area (Å²) in [6.45, 7) is 2.68. The third-order valence-electron chi connectivity index (χ3n) is 2.97. The Balaban J connectivity index is 2.00. The van der Waals surface area contributed by atoms with Gasteiger partial charge in [-0.25, -0.2) is 0 Å². The number of carbonyl (C=O) groups is 1. The predicted molar refractivity (Wildman–Crippen MR) is 76.2 cm³/mol. The highest BCUT2D eigenvalue weighted by Crippen LogP contribution is 2.10. The molecule has 4 nitrogen and oxygen atoms in total. The topological polar surface area (TPSA) is 38.8 Å². The molecule has 1 aromatic rings. The summed E-state index contributed by atoms with van der Waals surface area (Å²) in [6, 6.07) is 9.97. The normalized spacial score (nSPS) is 19.1. The van der Waals surface area contributed by atoms with Gasteiger partial charge in [0.1, 0.15) is 0 Å². The Morgan fingerprint density at radius 1 is 1.32 bits per heavy atom. The fraction of sp³-hybridized carbons (Fsp3) is 0.500. The molecule has 1 amide bonds. The van der Waals surface area contributed by atoms with Crippen LogP contribution in [0.2, 0.25) is 0 Å². The number of nitrogens with zero attached hydrogens (tertiary/aromatic N) is 1. The Labute approximate surface area is 121 Å². The van der Waals surface area contributed by atoms with Gasteiger partial charge < -0.3 is 14.4 Å².